The van der Waals surface area contributed by atoms with E-state index in [9.17, 15) is 0 Å². The van der Waals surface area contributed by atoms with Crippen LogP contribution in [0.15, 0.2) is 35.2 Å². The van der Waals surface area contributed by atoms with E-state index >= 15 is 0 Å². The summed E-state index contributed by atoms with van der Waals surface area (Å²) in [6, 6.07) is 4.39. The van der Waals surface area contributed by atoms with Crippen LogP contribution in [0, 0.1) is 0 Å². The molecule has 0 aromatic carbocycles. The molecule has 1 N–H and O–H groups in total. The van der Waals surface area contributed by atoms with Gasteiger partial charge in [0.05, 0.1) is 22.4 Å². The molecular formula is C14H19BrN4. The van der Waals surface area contributed by atoms with Crippen LogP contribution in [-0.4, -0.2) is 21.8 Å². The van der Waals surface area contributed by atoms with Crippen molar-refractivity contribution in [2.75, 3.05) is 7.05 Å². The minimum Gasteiger partial charge on any atom is -0.312 e. The van der Waals surface area contributed by atoms with Crippen molar-refractivity contribution in [2.24, 2.45) is 0 Å². The second-order valence-corrected chi connectivity index (χ2v) is 5.29. The Balaban J connectivity index is 2.10. The maximum absolute atomic E-state index is 4.38. The molecule has 2 aromatic rings. The molecule has 0 saturated carbocycles. The zero-order chi connectivity index (χ0) is 13.7. The number of pyridine rings is 1. The van der Waals surface area contributed by atoms with Crippen molar-refractivity contribution < 1.29 is 0 Å². The van der Waals surface area contributed by atoms with Crippen LogP contribution < -0.4 is 5.32 Å². The van der Waals surface area contributed by atoms with E-state index in [0.717, 1.165) is 23.9 Å². The standard InChI is InChI=1S/C14H19BrN4/c1-3-19-14(12(15)10-18-19)13(16-2)7-6-11-5-4-8-17-9-11/h4-5,8-10,13,16H,3,6-7H2,1-2H3. The summed E-state index contributed by atoms with van der Waals surface area (Å²) in [6.07, 6.45) is 7.63. The Labute approximate surface area is 122 Å². The van der Waals surface area contributed by atoms with Gasteiger partial charge >= 0.3 is 0 Å². The van der Waals surface area contributed by atoms with Crippen LogP contribution in [0.5, 0.6) is 0 Å². The first-order valence-electron chi connectivity index (χ1n) is 6.53. The number of nitrogens with one attached hydrogen (secondary N) is 1. The number of aryl methyl sites for hydroxylation is 2. The monoisotopic (exact) mass is 322 g/mol. The fraction of sp³-hybridized carbons (Fsp3) is 0.429. The summed E-state index contributed by atoms with van der Waals surface area (Å²) >= 11 is 3.59. The van der Waals surface area contributed by atoms with Crippen LogP contribution in [0.25, 0.3) is 0 Å². The third-order valence-corrected chi connectivity index (χ3v) is 3.87. The van der Waals surface area contributed by atoms with Crippen molar-refractivity contribution >= 4 is 15.9 Å². The summed E-state index contributed by atoms with van der Waals surface area (Å²) < 4.78 is 3.11. The zero-order valence-corrected chi connectivity index (χ0v) is 12.9. The van der Waals surface area contributed by atoms with E-state index in [1.165, 1.54) is 11.3 Å². The first kappa shape index (κ1) is 14.2. The van der Waals surface area contributed by atoms with Crippen LogP contribution in [0.3, 0.4) is 0 Å². The number of aromatic nitrogens is 3. The van der Waals surface area contributed by atoms with Crippen molar-refractivity contribution in [2.45, 2.75) is 32.4 Å². The zero-order valence-electron chi connectivity index (χ0n) is 11.3. The normalized spacial score (nSPS) is 12.6. The van der Waals surface area contributed by atoms with Gasteiger partial charge in [-0.15, -0.1) is 0 Å². The highest BCUT2D eigenvalue weighted by atomic mass is 79.9. The molecule has 19 heavy (non-hydrogen) atoms. The van der Waals surface area contributed by atoms with Crippen LogP contribution in [0.1, 0.15) is 30.6 Å². The van der Waals surface area contributed by atoms with Crippen molar-refractivity contribution in [3.05, 3.63) is 46.5 Å². The van der Waals surface area contributed by atoms with E-state index in [0.29, 0.717) is 0 Å². The molecule has 0 amide bonds. The van der Waals surface area contributed by atoms with Crippen molar-refractivity contribution in [1.82, 2.24) is 20.1 Å². The number of halogens is 1. The number of nitrogens with zero attached hydrogens (tertiary/aromatic N) is 3. The van der Waals surface area contributed by atoms with Crippen LogP contribution >= 0.6 is 15.9 Å². The first-order chi connectivity index (χ1) is 9.26. The fourth-order valence-corrected chi connectivity index (χ4v) is 2.82. The first-order valence-corrected chi connectivity index (χ1v) is 7.33. The second kappa shape index (κ2) is 6.82. The van der Waals surface area contributed by atoms with E-state index in [1.807, 2.05) is 36.4 Å². The molecule has 0 aliphatic rings. The summed E-state index contributed by atoms with van der Waals surface area (Å²) in [4.78, 5) is 4.16. The van der Waals surface area contributed by atoms with Gasteiger partial charge in [0.2, 0.25) is 0 Å². The minimum absolute atomic E-state index is 0.289. The topological polar surface area (TPSA) is 42.7 Å². The summed E-state index contributed by atoms with van der Waals surface area (Å²) in [7, 11) is 1.99. The Morgan fingerprint density at radius 3 is 2.89 bits per heavy atom. The molecule has 0 aliphatic carbocycles. The summed E-state index contributed by atoms with van der Waals surface area (Å²) in [5.41, 5.74) is 2.48. The third kappa shape index (κ3) is 3.42. The Hall–Kier alpha value is -1.20. The molecule has 4 nitrogen and oxygen atoms in total. The Bertz CT molecular complexity index is 509. The van der Waals surface area contributed by atoms with Gasteiger partial charge in [-0.25, -0.2) is 0 Å². The van der Waals surface area contributed by atoms with Gasteiger partial charge in [-0.3, -0.25) is 9.67 Å². The molecule has 0 bridgehead atoms. The Morgan fingerprint density at radius 1 is 1.42 bits per heavy atom. The molecule has 0 spiro atoms. The maximum atomic E-state index is 4.38. The molecule has 2 rings (SSSR count). The average Bonchev–Trinajstić information content (AvgIpc) is 2.82. The van der Waals surface area contributed by atoms with Gasteiger partial charge in [0.1, 0.15) is 0 Å². The highest BCUT2D eigenvalue weighted by Crippen LogP contribution is 2.26. The lowest BCUT2D eigenvalue weighted by molar-refractivity contribution is 0.487. The van der Waals surface area contributed by atoms with Crippen LogP contribution in [0.4, 0.5) is 0 Å². The van der Waals surface area contributed by atoms with Crippen molar-refractivity contribution in [1.29, 1.82) is 0 Å². The molecular weight excluding hydrogens is 304 g/mol. The van der Waals surface area contributed by atoms with E-state index in [2.05, 4.69) is 44.3 Å². The van der Waals surface area contributed by atoms with Crippen molar-refractivity contribution in [3.8, 4) is 0 Å². The second-order valence-electron chi connectivity index (χ2n) is 4.43. The number of hydrogen-bond donors (Lipinski definition) is 1. The third-order valence-electron chi connectivity index (χ3n) is 3.26. The van der Waals surface area contributed by atoms with Crippen LogP contribution in [0.2, 0.25) is 0 Å². The van der Waals surface area contributed by atoms with Gasteiger partial charge < -0.3 is 5.32 Å². The molecule has 2 aromatic heterocycles. The van der Waals surface area contributed by atoms with Gasteiger partial charge in [-0.2, -0.15) is 5.10 Å². The minimum atomic E-state index is 0.289. The summed E-state index contributed by atoms with van der Waals surface area (Å²) in [5, 5.41) is 7.75. The molecule has 0 saturated heterocycles. The van der Waals surface area contributed by atoms with Gasteiger partial charge in [0.15, 0.2) is 0 Å². The number of rotatable bonds is 6. The predicted octanol–water partition coefficient (Wildman–Crippen LogP) is 2.95. The maximum Gasteiger partial charge on any atom is 0.0695 e. The van der Waals surface area contributed by atoms with E-state index < -0.39 is 0 Å². The SMILES string of the molecule is CCn1ncc(Br)c1C(CCc1cccnc1)NC. The molecule has 1 atom stereocenters. The average molecular weight is 323 g/mol. The lowest BCUT2D eigenvalue weighted by Gasteiger charge is -2.18. The molecule has 1 unspecified atom stereocenters. The van der Waals surface area contributed by atoms with E-state index in [4.69, 9.17) is 0 Å². The van der Waals surface area contributed by atoms with Crippen molar-refractivity contribution in [3.63, 3.8) is 0 Å². The Kier molecular flexibility index (Phi) is 5.10. The summed E-state index contributed by atoms with van der Waals surface area (Å²) in [5.74, 6) is 0. The largest absolute Gasteiger partial charge is 0.312 e. The van der Waals surface area contributed by atoms with Crippen LogP contribution in [-0.2, 0) is 13.0 Å². The van der Waals surface area contributed by atoms with Gasteiger partial charge in [-0.05, 0) is 54.4 Å². The smallest absolute Gasteiger partial charge is 0.0695 e. The van der Waals surface area contributed by atoms with Gasteiger partial charge in [0, 0.05) is 18.9 Å². The lowest BCUT2D eigenvalue weighted by Crippen LogP contribution is -2.21. The highest BCUT2D eigenvalue weighted by Gasteiger charge is 2.17. The number of hydrogen-bond acceptors (Lipinski definition) is 3. The molecule has 0 radical (unpaired) electrons. The summed E-state index contributed by atoms with van der Waals surface area (Å²) in [6.45, 7) is 2.99. The molecule has 2 heterocycles. The fourth-order valence-electron chi connectivity index (χ4n) is 2.25. The lowest BCUT2D eigenvalue weighted by atomic mass is 10.0. The molecule has 102 valence electrons. The molecule has 0 fully saturated rings. The highest BCUT2D eigenvalue weighted by molar-refractivity contribution is 9.10. The van der Waals surface area contributed by atoms with E-state index in [1.54, 1.807) is 0 Å². The van der Waals surface area contributed by atoms with Gasteiger partial charge in [0.25, 0.3) is 0 Å². The van der Waals surface area contributed by atoms with Gasteiger partial charge in [-0.1, -0.05) is 6.07 Å². The quantitative estimate of drug-likeness (QED) is 0.889. The molecule has 0 aliphatic heterocycles. The predicted molar refractivity (Wildman–Crippen MR) is 80.0 cm³/mol. The molecule has 5 heteroatoms. The Morgan fingerprint density at radius 2 is 2.26 bits per heavy atom. The van der Waals surface area contributed by atoms with E-state index in [-0.39, 0.29) is 6.04 Å².